The van der Waals surface area contributed by atoms with Crippen molar-refractivity contribution >= 4 is 5.91 Å². The van der Waals surface area contributed by atoms with Gasteiger partial charge in [0, 0.05) is 19.1 Å². The van der Waals surface area contributed by atoms with Crippen LogP contribution in [0.1, 0.15) is 32.1 Å². The van der Waals surface area contributed by atoms with Crippen LogP contribution in [-0.2, 0) is 9.53 Å². The molecule has 1 aliphatic rings. The van der Waals surface area contributed by atoms with Crippen LogP contribution in [0.5, 0.6) is 0 Å². The molecule has 1 aliphatic carbocycles. The van der Waals surface area contributed by atoms with Crippen molar-refractivity contribution in [1.82, 2.24) is 5.32 Å². The molecule has 1 fully saturated rings. The highest BCUT2D eigenvalue weighted by molar-refractivity contribution is 5.78. The summed E-state index contributed by atoms with van der Waals surface area (Å²) < 4.78 is 42.9. The fraction of sp³-hybridized carbons (Fsp3) is 0.923. The molecule has 0 aliphatic heterocycles. The molecule has 2 unspecified atom stereocenters. The highest BCUT2D eigenvalue weighted by Gasteiger charge is 2.43. The molecule has 2 atom stereocenters. The number of rotatable bonds is 7. The number of carbonyl (C=O) groups excluding carboxylic acids is 1. The predicted molar refractivity (Wildman–Crippen MR) is 67.0 cm³/mol. The Morgan fingerprint density at radius 1 is 1.30 bits per heavy atom. The minimum absolute atomic E-state index is 0.0483. The van der Waals surface area contributed by atoms with E-state index in [-0.39, 0.29) is 32.0 Å². The summed E-state index contributed by atoms with van der Waals surface area (Å²) in [6.45, 7) is 1.01. The van der Waals surface area contributed by atoms with Crippen molar-refractivity contribution in [3.63, 3.8) is 0 Å². The van der Waals surface area contributed by atoms with Gasteiger partial charge in [0.05, 0.1) is 19.1 Å². The third-order valence-corrected chi connectivity index (χ3v) is 3.51. The van der Waals surface area contributed by atoms with Gasteiger partial charge in [0.25, 0.3) is 0 Å². The number of hydrogen-bond acceptors (Lipinski definition) is 3. The molecule has 7 heteroatoms. The summed E-state index contributed by atoms with van der Waals surface area (Å²) in [4.78, 5) is 11.8. The number of aliphatic hydroxyl groups is 1. The first-order valence-electron chi connectivity index (χ1n) is 6.98. The van der Waals surface area contributed by atoms with Gasteiger partial charge < -0.3 is 15.2 Å². The zero-order valence-corrected chi connectivity index (χ0v) is 11.4. The van der Waals surface area contributed by atoms with E-state index in [0.717, 1.165) is 0 Å². The summed E-state index contributed by atoms with van der Waals surface area (Å²) in [6.07, 6.45) is -2.61. The van der Waals surface area contributed by atoms with E-state index in [4.69, 9.17) is 9.84 Å². The van der Waals surface area contributed by atoms with E-state index in [1.54, 1.807) is 0 Å². The Hall–Kier alpha value is -0.820. The van der Waals surface area contributed by atoms with Gasteiger partial charge in [-0.15, -0.1) is 0 Å². The molecule has 0 heterocycles. The summed E-state index contributed by atoms with van der Waals surface area (Å²) in [5.74, 6) is -2.17. The molecular weight excluding hydrogens is 275 g/mol. The van der Waals surface area contributed by atoms with Crippen LogP contribution in [0.2, 0.25) is 0 Å². The van der Waals surface area contributed by atoms with Crippen molar-refractivity contribution in [2.45, 2.75) is 38.3 Å². The number of halogens is 3. The second-order valence-electron chi connectivity index (χ2n) is 5.08. The van der Waals surface area contributed by atoms with E-state index < -0.39 is 18.0 Å². The van der Waals surface area contributed by atoms with Crippen LogP contribution >= 0.6 is 0 Å². The first-order valence-corrected chi connectivity index (χ1v) is 6.98. The average Bonchev–Trinajstić information content (AvgIpc) is 2.41. The Morgan fingerprint density at radius 3 is 2.70 bits per heavy atom. The first kappa shape index (κ1) is 17.2. The van der Waals surface area contributed by atoms with Crippen molar-refractivity contribution in [1.29, 1.82) is 0 Å². The van der Waals surface area contributed by atoms with Gasteiger partial charge in [-0.3, -0.25) is 4.79 Å². The van der Waals surface area contributed by atoms with Crippen LogP contribution in [0.3, 0.4) is 0 Å². The van der Waals surface area contributed by atoms with Crippen LogP contribution in [0.25, 0.3) is 0 Å². The second kappa shape index (κ2) is 8.46. The van der Waals surface area contributed by atoms with Crippen LogP contribution in [0, 0.1) is 11.8 Å². The summed E-state index contributed by atoms with van der Waals surface area (Å²) in [5, 5.41) is 11.1. The minimum atomic E-state index is -4.20. The zero-order chi connectivity index (χ0) is 15.0. The number of carbonyl (C=O) groups is 1. The predicted octanol–water partition coefficient (Wildman–Crippen LogP) is 1.87. The maximum absolute atomic E-state index is 12.6. The van der Waals surface area contributed by atoms with Gasteiger partial charge in [-0.1, -0.05) is 6.42 Å². The number of hydrogen-bond donors (Lipinski definition) is 2. The SMILES string of the molecule is O=C(NCCCOCCO)C1CCCC(C(F)(F)F)C1. The molecule has 0 saturated heterocycles. The van der Waals surface area contributed by atoms with E-state index >= 15 is 0 Å². The van der Waals surface area contributed by atoms with Gasteiger partial charge in [0.15, 0.2) is 0 Å². The average molecular weight is 297 g/mol. The summed E-state index contributed by atoms with van der Waals surface area (Å²) >= 11 is 0. The van der Waals surface area contributed by atoms with Gasteiger partial charge >= 0.3 is 6.18 Å². The van der Waals surface area contributed by atoms with Gasteiger partial charge in [-0.2, -0.15) is 13.2 Å². The van der Waals surface area contributed by atoms with Gasteiger partial charge in [0.2, 0.25) is 5.91 Å². The second-order valence-corrected chi connectivity index (χ2v) is 5.08. The lowest BCUT2D eigenvalue weighted by Crippen LogP contribution is -2.37. The van der Waals surface area contributed by atoms with Crippen molar-refractivity contribution in [3.05, 3.63) is 0 Å². The molecule has 1 rings (SSSR count). The zero-order valence-electron chi connectivity index (χ0n) is 11.4. The molecule has 20 heavy (non-hydrogen) atoms. The highest BCUT2D eigenvalue weighted by atomic mass is 19.4. The maximum atomic E-state index is 12.6. The molecule has 0 bridgehead atoms. The normalized spacial score (nSPS) is 23.6. The molecule has 0 radical (unpaired) electrons. The van der Waals surface area contributed by atoms with Gasteiger partial charge in [-0.05, 0) is 25.7 Å². The molecule has 0 aromatic heterocycles. The maximum Gasteiger partial charge on any atom is 0.391 e. The summed E-state index contributed by atoms with van der Waals surface area (Å²) in [5.41, 5.74) is 0. The fourth-order valence-electron chi connectivity index (χ4n) is 2.42. The molecule has 2 N–H and O–H groups in total. The van der Waals surface area contributed by atoms with E-state index in [1.165, 1.54) is 0 Å². The third kappa shape index (κ3) is 6.09. The smallest absolute Gasteiger partial charge is 0.391 e. The Morgan fingerprint density at radius 2 is 2.05 bits per heavy atom. The van der Waals surface area contributed by atoms with Crippen LogP contribution in [-0.4, -0.2) is 43.6 Å². The van der Waals surface area contributed by atoms with Crippen molar-refractivity contribution in [2.75, 3.05) is 26.4 Å². The van der Waals surface area contributed by atoms with Crippen LogP contribution in [0.15, 0.2) is 0 Å². The molecular formula is C13H22F3NO3. The molecule has 1 amide bonds. The first-order chi connectivity index (χ1) is 9.45. The van der Waals surface area contributed by atoms with Crippen molar-refractivity contribution < 1.29 is 27.8 Å². The van der Waals surface area contributed by atoms with E-state index in [1.807, 2.05) is 0 Å². The lowest BCUT2D eigenvalue weighted by atomic mass is 9.80. The van der Waals surface area contributed by atoms with Gasteiger partial charge in [-0.25, -0.2) is 0 Å². The standard InChI is InChI=1S/C13H22F3NO3/c14-13(15,16)11-4-1-3-10(9-11)12(19)17-5-2-7-20-8-6-18/h10-11,18H,1-9H2,(H,17,19). The topological polar surface area (TPSA) is 58.6 Å². The van der Waals surface area contributed by atoms with Crippen molar-refractivity contribution in [2.24, 2.45) is 11.8 Å². The molecule has 0 aromatic rings. The third-order valence-electron chi connectivity index (χ3n) is 3.51. The number of alkyl halides is 3. The lowest BCUT2D eigenvalue weighted by molar-refractivity contribution is -0.186. The van der Waals surface area contributed by atoms with Crippen LogP contribution < -0.4 is 5.32 Å². The van der Waals surface area contributed by atoms with Crippen LogP contribution in [0.4, 0.5) is 13.2 Å². The molecule has 4 nitrogen and oxygen atoms in total. The molecule has 1 saturated carbocycles. The number of nitrogens with one attached hydrogen (secondary N) is 1. The molecule has 118 valence electrons. The lowest BCUT2D eigenvalue weighted by Gasteiger charge is -2.29. The van der Waals surface area contributed by atoms with E-state index in [0.29, 0.717) is 32.4 Å². The summed E-state index contributed by atoms with van der Waals surface area (Å²) in [7, 11) is 0. The minimum Gasteiger partial charge on any atom is -0.394 e. The Balaban J connectivity index is 2.22. The van der Waals surface area contributed by atoms with Crippen molar-refractivity contribution in [3.8, 4) is 0 Å². The fourth-order valence-corrected chi connectivity index (χ4v) is 2.42. The Bertz CT molecular complexity index is 297. The largest absolute Gasteiger partial charge is 0.394 e. The summed E-state index contributed by atoms with van der Waals surface area (Å²) in [6, 6.07) is 0. The number of amides is 1. The quantitative estimate of drug-likeness (QED) is 0.705. The van der Waals surface area contributed by atoms with E-state index in [2.05, 4.69) is 5.32 Å². The molecule has 0 spiro atoms. The monoisotopic (exact) mass is 297 g/mol. The Kier molecular flexibility index (Phi) is 7.29. The number of aliphatic hydroxyl groups excluding tert-OH is 1. The van der Waals surface area contributed by atoms with E-state index in [9.17, 15) is 18.0 Å². The Labute approximate surface area is 116 Å². The van der Waals surface area contributed by atoms with Gasteiger partial charge in [0.1, 0.15) is 0 Å². The number of ether oxygens (including phenoxy) is 1. The molecule has 0 aromatic carbocycles. The highest BCUT2D eigenvalue weighted by Crippen LogP contribution is 2.39.